The third-order valence-electron chi connectivity index (χ3n) is 5.20. The highest BCUT2D eigenvalue weighted by molar-refractivity contribution is 6.02. The van der Waals surface area contributed by atoms with Crippen molar-refractivity contribution in [1.29, 1.82) is 0 Å². The molecule has 7 nitrogen and oxygen atoms in total. The van der Waals surface area contributed by atoms with Crippen molar-refractivity contribution in [2.24, 2.45) is 0 Å². The van der Waals surface area contributed by atoms with Gasteiger partial charge in [0.25, 0.3) is 0 Å². The molecule has 0 aromatic heterocycles. The molecule has 1 N–H and O–H groups in total. The molecule has 0 bridgehead atoms. The summed E-state index contributed by atoms with van der Waals surface area (Å²) in [5.41, 5.74) is 2.50. The SMILES string of the molecule is CCN(CC(=O)Nc1ccccc1N1CCCC1=O)Cc1ccc2c(c1)OCO2. The maximum atomic E-state index is 12.7. The van der Waals surface area contributed by atoms with Gasteiger partial charge in [0, 0.05) is 19.5 Å². The van der Waals surface area contributed by atoms with Crippen molar-refractivity contribution in [3.05, 3.63) is 48.0 Å². The van der Waals surface area contributed by atoms with Gasteiger partial charge >= 0.3 is 0 Å². The van der Waals surface area contributed by atoms with Crippen LogP contribution in [-0.4, -0.2) is 43.1 Å². The molecule has 7 heteroatoms. The molecule has 0 aliphatic carbocycles. The average molecular weight is 395 g/mol. The minimum atomic E-state index is -0.105. The van der Waals surface area contributed by atoms with E-state index in [4.69, 9.17) is 9.47 Å². The minimum absolute atomic E-state index is 0.102. The second kappa shape index (κ2) is 8.53. The van der Waals surface area contributed by atoms with Crippen LogP contribution in [0.5, 0.6) is 11.5 Å². The normalized spacial score (nSPS) is 15.2. The van der Waals surface area contributed by atoms with Crippen LogP contribution in [0.25, 0.3) is 0 Å². The van der Waals surface area contributed by atoms with E-state index in [2.05, 4.69) is 10.2 Å². The molecule has 1 fully saturated rings. The van der Waals surface area contributed by atoms with Crippen LogP contribution in [0.2, 0.25) is 0 Å². The maximum absolute atomic E-state index is 12.7. The summed E-state index contributed by atoms with van der Waals surface area (Å²) in [5, 5.41) is 2.98. The summed E-state index contributed by atoms with van der Waals surface area (Å²) >= 11 is 0. The Morgan fingerprint density at radius 3 is 2.79 bits per heavy atom. The van der Waals surface area contributed by atoms with Crippen LogP contribution in [0.1, 0.15) is 25.3 Å². The number of nitrogens with zero attached hydrogens (tertiary/aromatic N) is 2. The van der Waals surface area contributed by atoms with E-state index in [1.807, 2.05) is 49.4 Å². The Bertz CT molecular complexity index is 915. The van der Waals surface area contributed by atoms with Crippen LogP contribution in [0.15, 0.2) is 42.5 Å². The second-order valence-corrected chi connectivity index (χ2v) is 7.21. The highest BCUT2D eigenvalue weighted by atomic mass is 16.7. The molecule has 0 unspecified atom stereocenters. The number of hydrogen-bond acceptors (Lipinski definition) is 5. The first kappa shape index (κ1) is 19.3. The Morgan fingerprint density at radius 1 is 1.17 bits per heavy atom. The zero-order valence-corrected chi connectivity index (χ0v) is 16.5. The highest BCUT2D eigenvalue weighted by Gasteiger charge is 2.24. The van der Waals surface area contributed by atoms with Crippen LogP contribution in [0.4, 0.5) is 11.4 Å². The van der Waals surface area contributed by atoms with Gasteiger partial charge in [0.1, 0.15) is 0 Å². The summed E-state index contributed by atoms with van der Waals surface area (Å²) in [7, 11) is 0. The van der Waals surface area contributed by atoms with Gasteiger partial charge in [0.15, 0.2) is 11.5 Å². The van der Waals surface area contributed by atoms with Crippen LogP contribution < -0.4 is 19.7 Å². The van der Waals surface area contributed by atoms with Gasteiger partial charge in [-0.2, -0.15) is 0 Å². The van der Waals surface area contributed by atoms with Gasteiger partial charge in [-0.05, 0) is 42.8 Å². The molecule has 1 saturated heterocycles. The lowest BCUT2D eigenvalue weighted by molar-refractivity contribution is -0.118. The fourth-order valence-electron chi connectivity index (χ4n) is 3.69. The molecule has 0 radical (unpaired) electrons. The van der Waals surface area contributed by atoms with Crippen molar-refractivity contribution in [3.63, 3.8) is 0 Å². The summed E-state index contributed by atoms with van der Waals surface area (Å²) in [6, 6.07) is 13.3. The van der Waals surface area contributed by atoms with Crippen molar-refractivity contribution in [1.82, 2.24) is 4.90 Å². The number of rotatable bonds is 7. The molecule has 29 heavy (non-hydrogen) atoms. The average Bonchev–Trinajstić information content (AvgIpc) is 3.36. The van der Waals surface area contributed by atoms with E-state index in [1.165, 1.54) is 0 Å². The topological polar surface area (TPSA) is 71.1 Å². The predicted molar refractivity (Wildman–Crippen MR) is 110 cm³/mol. The van der Waals surface area contributed by atoms with E-state index in [9.17, 15) is 9.59 Å². The molecule has 2 heterocycles. The van der Waals surface area contributed by atoms with E-state index in [1.54, 1.807) is 4.90 Å². The smallest absolute Gasteiger partial charge is 0.238 e. The molecule has 2 amide bonds. The first-order valence-electron chi connectivity index (χ1n) is 9.94. The third-order valence-corrected chi connectivity index (χ3v) is 5.20. The van der Waals surface area contributed by atoms with Gasteiger partial charge in [-0.3, -0.25) is 14.5 Å². The number of benzene rings is 2. The summed E-state index contributed by atoms with van der Waals surface area (Å²) < 4.78 is 10.8. The number of carbonyl (C=O) groups is 2. The molecule has 0 atom stereocenters. The largest absolute Gasteiger partial charge is 0.454 e. The quantitative estimate of drug-likeness (QED) is 0.780. The van der Waals surface area contributed by atoms with Gasteiger partial charge < -0.3 is 19.7 Å². The summed E-state index contributed by atoms with van der Waals surface area (Å²) in [6.45, 7) is 4.58. The zero-order chi connectivity index (χ0) is 20.2. The summed E-state index contributed by atoms with van der Waals surface area (Å²) in [4.78, 5) is 28.6. The number of carbonyl (C=O) groups excluding carboxylic acids is 2. The summed E-state index contributed by atoms with van der Waals surface area (Å²) in [6.07, 6.45) is 1.40. The Morgan fingerprint density at radius 2 is 2.00 bits per heavy atom. The number of fused-ring (bicyclic) bond motifs is 1. The molecule has 2 aliphatic heterocycles. The van der Waals surface area contributed by atoms with E-state index in [0.29, 0.717) is 25.2 Å². The first-order valence-corrected chi connectivity index (χ1v) is 9.94. The molecule has 0 saturated carbocycles. The zero-order valence-electron chi connectivity index (χ0n) is 16.5. The van der Waals surface area contributed by atoms with Crippen LogP contribution in [-0.2, 0) is 16.1 Å². The highest BCUT2D eigenvalue weighted by Crippen LogP contribution is 2.33. The number of nitrogens with one attached hydrogen (secondary N) is 1. The van der Waals surface area contributed by atoms with Crippen molar-refractivity contribution in [2.75, 3.05) is 36.6 Å². The molecule has 0 spiro atoms. The lowest BCUT2D eigenvalue weighted by atomic mass is 10.2. The monoisotopic (exact) mass is 395 g/mol. The number of amides is 2. The van der Waals surface area contributed by atoms with Crippen LogP contribution >= 0.6 is 0 Å². The number of para-hydroxylation sites is 2. The van der Waals surface area contributed by atoms with Crippen LogP contribution in [0, 0.1) is 0 Å². The van der Waals surface area contributed by atoms with Crippen molar-refractivity contribution < 1.29 is 19.1 Å². The standard InChI is InChI=1S/C22H25N3O4/c1-2-24(13-16-9-10-19-20(12-16)29-15-28-19)14-21(26)23-17-6-3-4-7-18(17)25-11-5-8-22(25)27/h3-4,6-7,9-10,12H,2,5,8,11,13-15H2,1H3,(H,23,26). The maximum Gasteiger partial charge on any atom is 0.238 e. The van der Waals surface area contributed by atoms with E-state index in [0.717, 1.165) is 35.7 Å². The van der Waals surface area contributed by atoms with Gasteiger partial charge in [-0.1, -0.05) is 25.1 Å². The van der Waals surface area contributed by atoms with Crippen molar-refractivity contribution >= 4 is 23.2 Å². The molecule has 152 valence electrons. The van der Waals surface area contributed by atoms with E-state index < -0.39 is 0 Å². The van der Waals surface area contributed by atoms with E-state index in [-0.39, 0.29) is 25.2 Å². The summed E-state index contributed by atoms with van der Waals surface area (Å²) in [5.74, 6) is 1.49. The predicted octanol–water partition coefficient (Wildman–Crippen LogP) is 3.00. The number of ether oxygens (including phenoxy) is 2. The Labute approximate surface area is 170 Å². The van der Waals surface area contributed by atoms with E-state index >= 15 is 0 Å². The van der Waals surface area contributed by atoms with Crippen LogP contribution in [0.3, 0.4) is 0 Å². The van der Waals surface area contributed by atoms with Crippen molar-refractivity contribution in [3.8, 4) is 11.5 Å². The fourth-order valence-corrected chi connectivity index (χ4v) is 3.69. The number of hydrogen-bond donors (Lipinski definition) is 1. The lowest BCUT2D eigenvalue weighted by Gasteiger charge is -2.22. The Balaban J connectivity index is 1.40. The molecule has 2 aliphatic rings. The molecule has 2 aromatic rings. The van der Waals surface area contributed by atoms with Crippen molar-refractivity contribution in [2.45, 2.75) is 26.3 Å². The third kappa shape index (κ3) is 4.35. The number of likely N-dealkylation sites (N-methyl/N-ethyl adjacent to an activating group) is 1. The van der Waals surface area contributed by atoms with Gasteiger partial charge in [0.2, 0.25) is 18.6 Å². The fraction of sp³-hybridized carbons (Fsp3) is 0.364. The number of anilines is 2. The lowest BCUT2D eigenvalue weighted by Crippen LogP contribution is -2.33. The molecule has 4 rings (SSSR count). The van der Waals surface area contributed by atoms with Gasteiger partial charge in [-0.15, -0.1) is 0 Å². The molecule has 2 aromatic carbocycles. The second-order valence-electron chi connectivity index (χ2n) is 7.21. The minimum Gasteiger partial charge on any atom is -0.454 e. The molecular weight excluding hydrogens is 370 g/mol. The molecular formula is C22H25N3O4. The Kier molecular flexibility index (Phi) is 5.67. The Hall–Kier alpha value is -3.06. The first-order chi connectivity index (χ1) is 14.1. The van der Waals surface area contributed by atoms with Gasteiger partial charge in [0.05, 0.1) is 17.9 Å². The van der Waals surface area contributed by atoms with Gasteiger partial charge in [-0.25, -0.2) is 0 Å².